The first kappa shape index (κ1) is 13.8. The fourth-order valence-corrected chi connectivity index (χ4v) is 2.39. The molecule has 1 aliphatic rings. The molecule has 1 rings (SSSR count). The number of hydrogen-bond acceptors (Lipinski definition) is 2. The van der Waals surface area contributed by atoms with E-state index in [1.807, 2.05) is 18.7 Å². The number of carbonyl (C=O) groups excluding carboxylic acids is 1. The summed E-state index contributed by atoms with van der Waals surface area (Å²) >= 11 is 5.84. The summed E-state index contributed by atoms with van der Waals surface area (Å²) in [4.78, 5) is 16.4. The molecule has 1 fully saturated rings. The maximum absolute atomic E-state index is 12.2. The van der Waals surface area contributed by atoms with E-state index in [0.717, 1.165) is 13.1 Å². The lowest BCUT2D eigenvalue weighted by Gasteiger charge is -2.28. The average molecular weight is 247 g/mol. The van der Waals surface area contributed by atoms with Crippen molar-refractivity contribution in [2.24, 2.45) is 11.3 Å². The van der Waals surface area contributed by atoms with Crippen molar-refractivity contribution in [3.05, 3.63) is 0 Å². The third-order valence-electron chi connectivity index (χ3n) is 3.44. The smallest absolute Gasteiger partial charge is 0.229 e. The van der Waals surface area contributed by atoms with Gasteiger partial charge in [0.2, 0.25) is 5.91 Å². The summed E-state index contributed by atoms with van der Waals surface area (Å²) in [5.41, 5.74) is -0.442. The summed E-state index contributed by atoms with van der Waals surface area (Å²) in [5, 5.41) is 0. The Hall–Kier alpha value is -0.280. The molecular formula is C12H23ClN2O. The van der Waals surface area contributed by atoms with Crippen LogP contribution in [0, 0.1) is 11.3 Å². The number of carbonyl (C=O) groups is 1. The van der Waals surface area contributed by atoms with Crippen LogP contribution in [0.25, 0.3) is 0 Å². The van der Waals surface area contributed by atoms with Gasteiger partial charge in [0.1, 0.15) is 0 Å². The van der Waals surface area contributed by atoms with Crippen molar-refractivity contribution >= 4 is 17.5 Å². The summed E-state index contributed by atoms with van der Waals surface area (Å²) < 4.78 is 0. The second-order valence-corrected chi connectivity index (χ2v) is 6.00. The zero-order valence-electron chi connectivity index (χ0n) is 11.0. The summed E-state index contributed by atoms with van der Waals surface area (Å²) in [6.45, 7) is 7.70. The lowest BCUT2D eigenvalue weighted by Crippen LogP contribution is -2.42. The predicted molar refractivity (Wildman–Crippen MR) is 67.7 cm³/mol. The van der Waals surface area contributed by atoms with E-state index in [2.05, 4.69) is 25.9 Å². The second kappa shape index (κ2) is 4.92. The van der Waals surface area contributed by atoms with Crippen LogP contribution in [0.1, 0.15) is 20.8 Å². The highest BCUT2D eigenvalue weighted by atomic mass is 35.5. The van der Waals surface area contributed by atoms with Crippen molar-refractivity contribution in [1.29, 1.82) is 0 Å². The lowest BCUT2D eigenvalue weighted by molar-refractivity contribution is -0.138. The highest BCUT2D eigenvalue weighted by molar-refractivity contribution is 6.19. The van der Waals surface area contributed by atoms with Crippen molar-refractivity contribution < 1.29 is 4.79 Å². The van der Waals surface area contributed by atoms with Gasteiger partial charge in [0.15, 0.2) is 0 Å². The lowest BCUT2D eigenvalue weighted by atomic mass is 9.94. The molecule has 94 valence electrons. The number of rotatable bonds is 3. The third-order valence-corrected chi connectivity index (χ3v) is 4.10. The minimum Gasteiger partial charge on any atom is -0.340 e. The average Bonchev–Trinajstić information content (AvgIpc) is 2.59. The molecule has 1 heterocycles. The maximum atomic E-state index is 12.2. The van der Waals surface area contributed by atoms with Gasteiger partial charge in [0.05, 0.1) is 5.41 Å². The fraction of sp³-hybridized carbons (Fsp3) is 0.917. The first-order chi connectivity index (χ1) is 7.29. The van der Waals surface area contributed by atoms with Gasteiger partial charge in [-0.15, -0.1) is 11.6 Å². The zero-order valence-corrected chi connectivity index (χ0v) is 11.7. The Morgan fingerprint density at radius 2 is 2.00 bits per heavy atom. The van der Waals surface area contributed by atoms with Crippen molar-refractivity contribution in [2.75, 3.05) is 33.1 Å². The van der Waals surface area contributed by atoms with Gasteiger partial charge in [0.25, 0.3) is 0 Å². The molecule has 0 bridgehead atoms. The van der Waals surface area contributed by atoms with Crippen LogP contribution in [0.4, 0.5) is 0 Å². The van der Waals surface area contributed by atoms with Gasteiger partial charge in [-0.2, -0.15) is 0 Å². The number of likely N-dealkylation sites (N-methyl/N-ethyl adjacent to an activating group) is 1. The van der Waals surface area contributed by atoms with Gasteiger partial charge in [-0.1, -0.05) is 6.92 Å². The number of halogens is 1. The minimum absolute atomic E-state index is 0.179. The van der Waals surface area contributed by atoms with Crippen LogP contribution in [-0.4, -0.2) is 54.8 Å². The molecule has 16 heavy (non-hydrogen) atoms. The van der Waals surface area contributed by atoms with Crippen molar-refractivity contribution in [1.82, 2.24) is 9.80 Å². The Bertz CT molecular complexity index is 266. The normalized spacial score (nSPS) is 26.6. The molecular weight excluding hydrogens is 224 g/mol. The van der Waals surface area contributed by atoms with Crippen LogP contribution >= 0.6 is 11.6 Å². The molecule has 2 atom stereocenters. The highest BCUT2D eigenvalue weighted by Gasteiger charge is 2.38. The molecule has 0 radical (unpaired) electrons. The van der Waals surface area contributed by atoms with Gasteiger partial charge in [-0.05, 0) is 33.9 Å². The second-order valence-electron chi connectivity index (χ2n) is 5.74. The number of likely N-dealkylation sites (tertiary alicyclic amines) is 1. The van der Waals surface area contributed by atoms with E-state index in [-0.39, 0.29) is 5.91 Å². The molecule has 1 saturated heterocycles. The monoisotopic (exact) mass is 246 g/mol. The van der Waals surface area contributed by atoms with E-state index in [4.69, 9.17) is 11.6 Å². The summed E-state index contributed by atoms with van der Waals surface area (Å²) in [5.74, 6) is 1.09. The van der Waals surface area contributed by atoms with Crippen LogP contribution in [0.5, 0.6) is 0 Å². The molecule has 0 aliphatic carbocycles. The Balaban J connectivity index is 2.69. The fourth-order valence-electron chi connectivity index (χ4n) is 2.27. The molecule has 2 unspecified atom stereocenters. The van der Waals surface area contributed by atoms with Crippen LogP contribution < -0.4 is 0 Å². The first-order valence-electron chi connectivity index (χ1n) is 5.81. The zero-order chi connectivity index (χ0) is 12.5. The van der Waals surface area contributed by atoms with Crippen molar-refractivity contribution in [3.8, 4) is 0 Å². The largest absolute Gasteiger partial charge is 0.340 e. The summed E-state index contributed by atoms with van der Waals surface area (Å²) in [6.07, 6.45) is 0. The van der Waals surface area contributed by atoms with Crippen molar-refractivity contribution in [2.45, 2.75) is 26.8 Å². The Morgan fingerprint density at radius 1 is 1.44 bits per heavy atom. The van der Waals surface area contributed by atoms with E-state index in [1.165, 1.54) is 0 Å². The van der Waals surface area contributed by atoms with Crippen LogP contribution in [0.2, 0.25) is 0 Å². The molecule has 3 nitrogen and oxygen atoms in total. The molecule has 0 spiro atoms. The van der Waals surface area contributed by atoms with E-state index in [9.17, 15) is 4.79 Å². The Labute approximate surface area is 104 Å². The summed E-state index contributed by atoms with van der Waals surface area (Å²) in [7, 11) is 4.14. The number of hydrogen-bond donors (Lipinski definition) is 0. The molecule has 0 aromatic heterocycles. The van der Waals surface area contributed by atoms with Gasteiger partial charge in [0, 0.05) is 25.0 Å². The van der Waals surface area contributed by atoms with E-state index < -0.39 is 5.41 Å². The molecule has 0 saturated carbocycles. The van der Waals surface area contributed by atoms with E-state index >= 15 is 0 Å². The molecule has 4 heteroatoms. The van der Waals surface area contributed by atoms with Crippen LogP contribution in [0.3, 0.4) is 0 Å². The van der Waals surface area contributed by atoms with Gasteiger partial charge in [-0.25, -0.2) is 0 Å². The van der Waals surface area contributed by atoms with Gasteiger partial charge in [-0.3, -0.25) is 4.79 Å². The number of nitrogens with zero attached hydrogens (tertiary/aromatic N) is 2. The number of amides is 1. The first-order valence-corrected chi connectivity index (χ1v) is 6.35. The standard InChI is InChI=1S/C12H23ClN2O/c1-9-6-15(7-10(9)14(4)5)11(16)12(2,3)8-13/h9-10H,6-8H2,1-5H3. The molecule has 1 amide bonds. The van der Waals surface area contributed by atoms with Crippen molar-refractivity contribution in [3.63, 3.8) is 0 Å². The minimum atomic E-state index is -0.442. The van der Waals surface area contributed by atoms with Gasteiger partial charge < -0.3 is 9.80 Å². The maximum Gasteiger partial charge on any atom is 0.229 e. The van der Waals surface area contributed by atoms with E-state index in [0.29, 0.717) is 17.8 Å². The summed E-state index contributed by atoms with van der Waals surface area (Å²) in [6, 6.07) is 0.468. The van der Waals surface area contributed by atoms with Crippen LogP contribution in [0.15, 0.2) is 0 Å². The Kier molecular flexibility index (Phi) is 4.24. The SMILES string of the molecule is CC1CN(C(=O)C(C)(C)CCl)CC1N(C)C. The Morgan fingerprint density at radius 3 is 2.38 bits per heavy atom. The third kappa shape index (κ3) is 2.69. The topological polar surface area (TPSA) is 23.6 Å². The number of alkyl halides is 1. The predicted octanol–water partition coefficient (Wildman–Crippen LogP) is 1.66. The van der Waals surface area contributed by atoms with E-state index in [1.54, 1.807) is 0 Å². The van der Waals surface area contributed by atoms with Crippen LogP contribution in [-0.2, 0) is 4.79 Å². The molecule has 0 N–H and O–H groups in total. The molecule has 0 aromatic carbocycles. The highest BCUT2D eigenvalue weighted by Crippen LogP contribution is 2.27. The van der Waals surface area contributed by atoms with Gasteiger partial charge >= 0.3 is 0 Å². The molecule has 0 aromatic rings. The molecule has 1 aliphatic heterocycles. The quantitative estimate of drug-likeness (QED) is 0.708.